The molecule has 0 radical (unpaired) electrons. The number of nitrogen functional groups attached to an aromatic ring is 1. The zero-order valence-corrected chi connectivity index (χ0v) is 6.54. The van der Waals surface area contributed by atoms with Gasteiger partial charge in [0.2, 0.25) is 0 Å². The van der Waals surface area contributed by atoms with Crippen LogP contribution in [0.5, 0.6) is 0 Å². The van der Waals surface area contributed by atoms with E-state index in [9.17, 15) is 0 Å². The summed E-state index contributed by atoms with van der Waals surface area (Å²) in [6.07, 6.45) is 3.87. The van der Waals surface area contributed by atoms with Gasteiger partial charge in [0.05, 0.1) is 0 Å². The highest BCUT2D eigenvalue weighted by molar-refractivity contribution is 5.52. The third-order valence-electron chi connectivity index (χ3n) is 1.38. The molecular formula is C9H12N2. The second kappa shape index (κ2) is 3.66. The smallest absolute Gasteiger partial charge is 0.0314 e. The highest BCUT2D eigenvalue weighted by Crippen LogP contribution is 2.05. The summed E-state index contributed by atoms with van der Waals surface area (Å²) in [6.45, 7) is 0. The summed E-state index contributed by atoms with van der Waals surface area (Å²) in [4.78, 5) is 0. The Hall–Kier alpha value is -1.44. The van der Waals surface area contributed by atoms with Crippen LogP contribution in [0.15, 0.2) is 30.5 Å². The van der Waals surface area contributed by atoms with E-state index in [4.69, 9.17) is 5.73 Å². The van der Waals surface area contributed by atoms with Crippen LogP contribution < -0.4 is 11.1 Å². The largest absolute Gasteiger partial charge is 0.399 e. The molecular weight excluding hydrogens is 136 g/mol. The third-order valence-corrected chi connectivity index (χ3v) is 1.38. The summed E-state index contributed by atoms with van der Waals surface area (Å²) in [5, 5.41) is 2.92. The number of anilines is 1. The fourth-order valence-corrected chi connectivity index (χ4v) is 0.787. The van der Waals surface area contributed by atoms with Crippen molar-refractivity contribution >= 4 is 11.8 Å². The lowest BCUT2D eigenvalue weighted by molar-refractivity contribution is 1.11. The van der Waals surface area contributed by atoms with Crippen LogP contribution in [0.4, 0.5) is 5.69 Å². The molecule has 1 rings (SSSR count). The van der Waals surface area contributed by atoms with Gasteiger partial charge in [-0.2, -0.15) is 0 Å². The van der Waals surface area contributed by atoms with Crippen molar-refractivity contribution < 1.29 is 0 Å². The van der Waals surface area contributed by atoms with Gasteiger partial charge in [-0.05, 0) is 30.0 Å². The average molecular weight is 148 g/mol. The number of hydrogen-bond acceptors (Lipinski definition) is 2. The Labute approximate surface area is 66.7 Å². The van der Waals surface area contributed by atoms with Gasteiger partial charge in [0.15, 0.2) is 0 Å². The molecule has 0 aliphatic heterocycles. The molecule has 0 fully saturated rings. The van der Waals surface area contributed by atoms with Crippen LogP contribution in [0.3, 0.4) is 0 Å². The van der Waals surface area contributed by atoms with Gasteiger partial charge in [0.1, 0.15) is 0 Å². The molecule has 0 bridgehead atoms. The second-order valence-corrected chi connectivity index (χ2v) is 2.29. The second-order valence-electron chi connectivity index (χ2n) is 2.29. The molecule has 0 spiro atoms. The lowest BCUT2D eigenvalue weighted by atomic mass is 10.2. The van der Waals surface area contributed by atoms with Crippen LogP contribution in [0.1, 0.15) is 5.56 Å². The molecule has 0 aliphatic carbocycles. The molecule has 0 saturated heterocycles. The highest BCUT2D eigenvalue weighted by Gasteiger charge is 1.84. The van der Waals surface area contributed by atoms with Crippen LogP contribution in [-0.2, 0) is 0 Å². The predicted molar refractivity (Wildman–Crippen MR) is 48.9 cm³/mol. The summed E-state index contributed by atoms with van der Waals surface area (Å²) in [7, 11) is 1.87. The first-order chi connectivity index (χ1) is 5.33. The van der Waals surface area contributed by atoms with Gasteiger partial charge in [-0.25, -0.2) is 0 Å². The molecule has 0 atom stereocenters. The molecule has 3 N–H and O–H groups in total. The van der Waals surface area contributed by atoms with Crippen LogP contribution >= 0.6 is 0 Å². The van der Waals surface area contributed by atoms with Crippen molar-refractivity contribution in [3.63, 3.8) is 0 Å². The summed E-state index contributed by atoms with van der Waals surface area (Å²) in [5.74, 6) is 0. The zero-order chi connectivity index (χ0) is 8.10. The van der Waals surface area contributed by atoms with Crippen molar-refractivity contribution in [2.75, 3.05) is 12.8 Å². The van der Waals surface area contributed by atoms with E-state index < -0.39 is 0 Å². The fourth-order valence-electron chi connectivity index (χ4n) is 0.787. The van der Waals surface area contributed by atoms with Gasteiger partial charge >= 0.3 is 0 Å². The Morgan fingerprint density at radius 2 is 1.91 bits per heavy atom. The Morgan fingerprint density at radius 3 is 2.45 bits per heavy atom. The van der Waals surface area contributed by atoms with E-state index in [2.05, 4.69) is 5.32 Å². The number of nitrogens with two attached hydrogens (primary N) is 1. The minimum atomic E-state index is 0.798. The SMILES string of the molecule is CNC=Cc1ccc(N)cc1. The number of hydrogen-bond donors (Lipinski definition) is 2. The van der Waals surface area contributed by atoms with E-state index >= 15 is 0 Å². The lowest BCUT2D eigenvalue weighted by Gasteiger charge is -1.93. The van der Waals surface area contributed by atoms with Crippen LogP contribution in [0, 0.1) is 0 Å². The van der Waals surface area contributed by atoms with Gasteiger partial charge in [-0.3, -0.25) is 0 Å². The molecule has 2 heteroatoms. The van der Waals surface area contributed by atoms with Crippen LogP contribution in [0.2, 0.25) is 0 Å². The third kappa shape index (κ3) is 2.34. The molecule has 0 saturated carbocycles. The Balaban J connectivity index is 2.73. The summed E-state index contributed by atoms with van der Waals surface area (Å²) < 4.78 is 0. The Bertz CT molecular complexity index is 236. The van der Waals surface area contributed by atoms with E-state index in [0.29, 0.717) is 0 Å². The van der Waals surface area contributed by atoms with Crippen molar-refractivity contribution in [1.29, 1.82) is 0 Å². The molecule has 1 aromatic carbocycles. The average Bonchev–Trinajstić information content (AvgIpc) is 2.04. The first-order valence-corrected chi connectivity index (χ1v) is 3.52. The van der Waals surface area contributed by atoms with Crippen molar-refractivity contribution in [2.24, 2.45) is 0 Å². The maximum Gasteiger partial charge on any atom is 0.0314 e. The minimum absolute atomic E-state index is 0.798. The van der Waals surface area contributed by atoms with Crippen molar-refractivity contribution in [3.8, 4) is 0 Å². The van der Waals surface area contributed by atoms with Gasteiger partial charge in [0.25, 0.3) is 0 Å². The summed E-state index contributed by atoms with van der Waals surface area (Å²) in [6, 6.07) is 7.72. The molecule has 11 heavy (non-hydrogen) atoms. The molecule has 0 aliphatic rings. The summed E-state index contributed by atoms with van der Waals surface area (Å²) in [5.41, 5.74) is 7.46. The highest BCUT2D eigenvalue weighted by atomic mass is 14.8. The first-order valence-electron chi connectivity index (χ1n) is 3.52. The maximum absolute atomic E-state index is 5.52. The van der Waals surface area contributed by atoms with Gasteiger partial charge in [0, 0.05) is 12.7 Å². The molecule has 0 heterocycles. The van der Waals surface area contributed by atoms with E-state index in [0.717, 1.165) is 11.3 Å². The van der Waals surface area contributed by atoms with E-state index in [1.165, 1.54) is 0 Å². The molecule has 58 valence electrons. The van der Waals surface area contributed by atoms with Crippen molar-refractivity contribution in [3.05, 3.63) is 36.0 Å². The first kappa shape index (κ1) is 7.66. The normalized spacial score (nSPS) is 10.3. The zero-order valence-electron chi connectivity index (χ0n) is 6.54. The lowest BCUT2D eigenvalue weighted by Crippen LogP contribution is -1.90. The van der Waals surface area contributed by atoms with E-state index in [1.54, 1.807) is 0 Å². The quantitative estimate of drug-likeness (QED) is 0.623. The minimum Gasteiger partial charge on any atom is -0.399 e. The van der Waals surface area contributed by atoms with Crippen molar-refractivity contribution in [2.45, 2.75) is 0 Å². The standard InChI is InChI=1S/C9H12N2/c1-11-7-6-8-2-4-9(10)5-3-8/h2-7,11H,10H2,1H3. The fraction of sp³-hybridized carbons (Fsp3) is 0.111. The van der Waals surface area contributed by atoms with Gasteiger partial charge in [-0.1, -0.05) is 12.1 Å². The maximum atomic E-state index is 5.52. The van der Waals surface area contributed by atoms with Crippen LogP contribution in [0.25, 0.3) is 6.08 Å². The Morgan fingerprint density at radius 1 is 1.27 bits per heavy atom. The monoisotopic (exact) mass is 148 g/mol. The molecule has 2 nitrogen and oxygen atoms in total. The number of benzene rings is 1. The topological polar surface area (TPSA) is 38.0 Å². The molecule has 1 aromatic rings. The van der Waals surface area contributed by atoms with E-state index in [-0.39, 0.29) is 0 Å². The Kier molecular flexibility index (Phi) is 2.55. The number of rotatable bonds is 2. The van der Waals surface area contributed by atoms with Crippen molar-refractivity contribution in [1.82, 2.24) is 5.32 Å². The molecule has 0 aromatic heterocycles. The van der Waals surface area contributed by atoms with E-state index in [1.807, 2.05) is 43.6 Å². The summed E-state index contributed by atoms with van der Waals surface area (Å²) >= 11 is 0. The predicted octanol–water partition coefficient (Wildman–Crippen LogP) is 1.46. The van der Waals surface area contributed by atoms with Crippen LogP contribution in [-0.4, -0.2) is 7.05 Å². The van der Waals surface area contributed by atoms with Gasteiger partial charge in [-0.15, -0.1) is 0 Å². The molecule has 0 amide bonds. The molecule has 0 unspecified atom stereocenters. The van der Waals surface area contributed by atoms with Gasteiger partial charge < -0.3 is 11.1 Å². The number of nitrogens with one attached hydrogen (secondary N) is 1.